The van der Waals surface area contributed by atoms with Crippen LogP contribution in [0.2, 0.25) is 0 Å². The molecule has 7 heteroatoms. The normalized spacial score (nSPS) is 18.0. The SMILES string of the molecule is CC1(C)OB(c2ccc(NC(=O)c3cc4cccnc4s3)cc2)OC1(C)C. The second-order valence-electron chi connectivity index (χ2n) is 7.67. The number of amides is 1. The van der Waals surface area contributed by atoms with Gasteiger partial charge in [0.1, 0.15) is 4.83 Å². The summed E-state index contributed by atoms with van der Waals surface area (Å²) < 4.78 is 12.1. The molecule has 0 atom stereocenters. The number of rotatable bonds is 3. The summed E-state index contributed by atoms with van der Waals surface area (Å²) in [5.74, 6) is -0.138. The van der Waals surface area contributed by atoms with Crippen molar-refractivity contribution in [3.8, 4) is 0 Å². The zero-order valence-electron chi connectivity index (χ0n) is 15.8. The maximum absolute atomic E-state index is 12.5. The lowest BCUT2D eigenvalue weighted by atomic mass is 9.79. The summed E-state index contributed by atoms with van der Waals surface area (Å²) in [5.41, 5.74) is 0.905. The number of anilines is 1. The molecule has 0 aliphatic carbocycles. The standard InChI is InChI=1S/C20H21BN2O3S/c1-19(2)20(3,4)26-21(25-19)14-7-9-15(10-8-14)23-17(24)16-12-13-6-5-11-22-18(13)27-16/h5-12H,1-4H3,(H,23,24). The molecule has 1 aliphatic heterocycles. The van der Waals surface area contributed by atoms with Crippen LogP contribution in [0.15, 0.2) is 48.7 Å². The van der Waals surface area contributed by atoms with Gasteiger partial charge in [0.25, 0.3) is 5.91 Å². The number of benzene rings is 1. The van der Waals surface area contributed by atoms with E-state index in [1.165, 1.54) is 11.3 Å². The molecule has 3 aromatic rings. The van der Waals surface area contributed by atoms with Crippen molar-refractivity contribution >= 4 is 45.7 Å². The first-order chi connectivity index (χ1) is 12.7. The average Bonchev–Trinajstić information content (AvgIpc) is 3.14. The molecule has 27 heavy (non-hydrogen) atoms. The first kappa shape index (κ1) is 18.2. The highest BCUT2D eigenvalue weighted by Gasteiger charge is 2.51. The lowest BCUT2D eigenvalue weighted by Gasteiger charge is -2.32. The molecule has 0 unspecified atom stereocenters. The minimum Gasteiger partial charge on any atom is -0.399 e. The maximum atomic E-state index is 12.5. The Morgan fingerprint density at radius 1 is 1.07 bits per heavy atom. The lowest BCUT2D eigenvalue weighted by molar-refractivity contribution is 0.00578. The van der Waals surface area contributed by atoms with Gasteiger partial charge in [-0.3, -0.25) is 4.79 Å². The molecule has 0 saturated carbocycles. The zero-order valence-corrected chi connectivity index (χ0v) is 16.6. The van der Waals surface area contributed by atoms with Gasteiger partial charge in [0.15, 0.2) is 0 Å². The topological polar surface area (TPSA) is 60.5 Å². The van der Waals surface area contributed by atoms with Crippen molar-refractivity contribution in [3.05, 3.63) is 53.5 Å². The van der Waals surface area contributed by atoms with Crippen molar-refractivity contribution in [2.75, 3.05) is 5.32 Å². The molecule has 0 radical (unpaired) electrons. The number of hydrogen-bond donors (Lipinski definition) is 1. The van der Waals surface area contributed by atoms with E-state index in [0.29, 0.717) is 4.88 Å². The van der Waals surface area contributed by atoms with Crippen LogP contribution in [0.4, 0.5) is 5.69 Å². The minimum absolute atomic E-state index is 0.138. The molecule has 2 aromatic heterocycles. The Morgan fingerprint density at radius 3 is 2.37 bits per heavy atom. The summed E-state index contributed by atoms with van der Waals surface area (Å²) in [6.45, 7) is 8.12. The second-order valence-corrected chi connectivity index (χ2v) is 8.70. The maximum Gasteiger partial charge on any atom is 0.494 e. The van der Waals surface area contributed by atoms with E-state index >= 15 is 0 Å². The molecule has 1 saturated heterocycles. The van der Waals surface area contributed by atoms with Gasteiger partial charge in [-0.15, -0.1) is 11.3 Å². The monoisotopic (exact) mass is 380 g/mol. The molecule has 1 amide bonds. The predicted molar refractivity (Wildman–Crippen MR) is 110 cm³/mol. The highest BCUT2D eigenvalue weighted by molar-refractivity contribution is 7.20. The minimum atomic E-state index is -0.409. The molecule has 3 heterocycles. The first-order valence-corrected chi connectivity index (χ1v) is 9.68. The fourth-order valence-electron chi connectivity index (χ4n) is 2.88. The molecule has 5 nitrogen and oxygen atoms in total. The van der Waals surface area contributed by atoms with Gasteiger partial charge in [0.05, 0.1) is 16.1 Å². The van der Waals surface area contributed by atoms with Crippen LogP contribution in [0.25, 0.3) is 10.2 Å². The van der Waals surface area contributed by atoms with Gasteiger partial charge < -0.3 is 14.6 Å². The molecular formula is C20H21BN2O3S. The van der Waals surface area contributed by atoms with Crippen molar-refractivity contribution in [2.24, 2.45) is 0 Å². The number of nitrogens with one attached hydrogen (secondary N) is 1. The fraction of sp³-hybridized carbons (Fsp3) is 0.300. The van der Waals surface area contributed by atoms with E-state index in [-0.39, 0.29) is 17.1 Å². The number of pyridine rings is 1. The van der Waals surface area contributed by atoms with E-state index < -0.39 is 7.12 Å². The van der Waals surface area contributed by atoms with E-state index in [1.807, 2.05) is 70.2 Å². The van der Waals surface area contributed by atoms with E-state index in [2.05, 4.69) is 10.3 Å². The van der Waals surface area contributed by atoms with E-state index in [0.717, 1.165) is 21.4 Å². The lowest BCUT2D eigenvalue weighted by Crippen LogP contribution is -2.41. The third-order valence-electron chi connectivity index (χ3n) is 5.21. The second kappa shape index (κ2) is 6.44. The number of carbonyl (C=O) groups is 1. The van der Waals surface area contributed by atoms with Gasteiger partial charge in [0, 0.05) is 17.3 Å². The molecule has 138 valence electrons. The van der Waals surface area contributed by atoms with E-state index in [4.69, 9.17) is 9.31 Å². The molecule has 4 rings (SSSR count). The van der Waals surface area contributed by atoms with Crippen molar-refractivity contribution in [1.29, 1.82) is 0 Å². The number of carbonyl (C=O) groups excluding carboxylic acids is 1. The Hall–Kier alpha value is -2.22. The van der Waals surface area contributed by atoms with Crippen LogP contribution >= 0.6 is 11.3 Å². The van der Waals surface area contributed by atoms with Gasteiger partial charge in [-0.25, -0.2) is 4.98 Å². The summed E-state index contributed by atoms with van der Waals surface area (Å²) in [6, 6.07) is 13.3. The first-order valence-electron chi connectivity index (χ1n) is 8.87. The molecular weight excluding hydrogens is 359 g/mol. The van der Waals surface area contributed by atoms with Crippen molar-refractivity contribution < 1.29 is 14.1 Å². The Labute approximate surface area is 162 Å². The Kier molecular flexibility index (Phi) is 4.33. The number of hydrogen-bond acceptors (Lipinski definition) is 5. The van der Waals surface area contributed by atoms with Crippen LogP contribution in [0.5, 0.6) is 0 Å². The van der Waals surface area contributed by atoms with Gasteiger partial charge >= 0.3 is 7.12 Å². The van der Waals surface area contributed by atoms with E-state index in [1.54, 1.807) is 6.20 Å². The molecule has 0 bridgehead atoms. The quantitative estimate of drug-likeness (QED) is 0.702. The average molecular weight is 380 g/mol. The third-order valence-corrected chi connectivity index (χ3v) is 6.27. The molecule has 1 aliphatic rings. The van der Waals surface area contributed by atoms with Crippen LogP contribution < -0.4 is 10.8 Å². The fourth-order valence-corrected chi connectivity index (χ4v) is 3.78. The Morgan fingerprint density at radius 2 is 1.74 bits per heavy atom. The molecule has 1 aromatic carbocycles. The van der Waals surface area contributed by atoms with Crippen molar-refractivity contribution in [1.82, 2.24) is 4.98 Å². The summed E-state index contributed by atoms with van der Waals surface area (Å²) in [7, 11) is -0.409. The molecule has 0 spiro atoms. The van der Waals surface area contributed by atoms with Crippen LogP contribution in [0.1, 0.15) is 37.4 Å². The summed E-state index contributed by atoms with van der Waals surface area (Å²) in [4.78, 5) is 18.3. The summed E-state index contributed by atoms with van der Waals surface area (Å²) in [6.07, 6.45) is 1.73. The number of fused-ring (bicyclic) bond motifs is 1. The van der Waals surface area contributed by atoms with Gasteiger partial charge in [-0.1, -0.05) is 18.2 Å². The number of thiophene rings is 1. The van der Waals surface area contributed by atoms with Crippen LogP contribution in [0.3, 0.4) is 0 Å². The summed E-state index contributed by atoms with van der Waals surface area (Å²) in [5, 5.41) is 3.91. The smallest absolute Gasteiger partial charge is 0.399 e. The zero-order chi connectivity index (χ0) is 19.2. The van der Waals surface area contributed by atoms with Crippen LogP contribution in [-0.2, 0) is 9.31 Å². The third kappa shape index (κ3) is 3.38. The van der Waals surface area contributed by atoms with Crippen molar-refractivity contribution in [2.45, 2.75) is 38.9 Å². The molecule has 1 fully saturated rings. The highest BCUT2D eigenvalue weighted by atomic mass is 32.1. The number of nitrogens with zero attached hydrogens (tertiary/aromatic N) is 1. The number of aromatic nitrogens is 1. The van der Waals surface area contributed by atoms with E-state index in [9.17, 15) is 4.79 Å². The van der Waals surface area contributed by atoms with Crippen LogP contribution in [0, 0.1) is 0 Å². The van der Waals surface area contributed by atoms with Crippen molar-refractivity contribution in [3.63, 3.8) is 0 Å². The molecule has 1 N–H and O–H groups in total. The van der Waals surface area contributed by atoms with Gasteiger partial charge in [-0.05, 0) is 57.4 Å². The van der Waals surface area contributed by atoms with Crippen LogP contribution in [-0.4, -0.2) is 29.2 Å². The predicted octanol–water partition coefficient (Wildman–Crippen LogP) is 3.85. The Bertz CT molecular complexity index is 949. The van der Waals surface area contributed by atoms with Gasteiger partial charge in [0.2, 0.25) is 0 Å². The highest BCUT2D eigenvalue weighted by Crippen LogP contribution is 2.36. The Balaban J connectivity index is 1.47. The summed E-state index contributed by atoms with van der Waals surface area (Å²) >= 11 is 1.38. The van der Waals surface area contributed by atoms with Gasteiger partial charge in [-0.2, -0.15) is 0 Å². The largest absolute Gasteiger partial charge is 0.494 e.